The van der Waals surface area contributed by atoms with Gasteiger partial charge in [0.2, 0.25) is 5.88 Å². The molecule has 0 radical (unpaired) electrons. The predicted octanol–water partition coefficient (Wildman–Crippen LogP) is 1.46. The fraction of sp³-hybridized carbons (Fsp3) is 0.375. The van der Waals surface area contributed by atoms with E-state index in [9.17, 15) is 0 Å². The first-order valence-electron chi connectivity index (χ1n) is 3.78. The molecule has 0 saturated carbocycles. The molecule has 0 bridgehead atoms. The molecule has 0 saturated heterocycles. The third-order valence-corrected chi connectivity index (χ3v) is 1.50. The van der Waals surface area contributed by atoms with E-state index in [-0.39, 0.29) is 0 Å². The molecule has 1 rings (SSSR count). The van der Waals surface area contributed by atoms with Crippen molar-refractivity contribution >= 4 is 11.6 Å². The van der Waals surface area contributed by atoms with E-state index >= 15 is 0 Å². The van der Waals surface area contributed by atoms with Gasteiger partial charge in [0.05, 0.1) is 6.61 Å². The maximum absolute atomic E-state index is 5.64. The normalized spacial score (nSPS) is 9.83. The summed E-state index contributed by atoms with van der Waals surface area (Å²) in [4.78, 5) is 3.95. The second kappa shape index (κ2) is 4.95. The van der Waals surface area contributed by atoms with Gasteiger partial charge in [-0.2, -0.15) is 0 Å². The molecule has 0 aliphatic heterocycles. The maximum atomic E-state index is 5.64. The Balaban J connectivity index is 2.41. The van der Waals surface area contributed by atoms with Crippen molar-refractivity contribution in [3.63, 3.8) is 0 Å². The SMILES string of the molecule is NCCCOc1cccc(Cl)n1. The molecule has 0 aromatic carbocycles. The zero-order valence-electron chi connectivity index (χ0n) is 6.66. The summed E-state index contributed by atoms with van der Waals surface area (Å²) in [5, 5.41) is 0.445. The number of halogens is 1. The number of aromatic nitrogens is 1. The lowest BCUT2D eigenvalue weighted by molar-refractivity contribution is 0.301. The molecule has 0 amide bonds. The Kier molecular flexibility index (Phi) is 3.84. The van der Waals surface area contributed by atoms with E-state index in [1.165, 1.54) is 0 Å². The van der Waals surface area contributed by atoms with Gasteiger partial charge in [-0.25, -0.2) is 4.98 Å². The lowest BCUT2D eigenvalue weighted by Crippen LogP contribution is -2.06. The average molecular weight is 187 g/mol. The second-order valence-electron chi connectivity index (χ2n) is 2.29. The fourth-order valence-electron chi connectivity index (χ4n) is 0.730. The number of pyridine rings is 1. The molecule has 3 nitrogen and oxygen atoms in total. The van der Waals surface area contributed by atoms with Crippen molar-refractivity contribution in [2.24, 2.45) is 5.73 Å². The van der Waals surface area contributed by atoms with Crippen LogP contribution in [0.4, 0.5) is 0 Å². The maximum Gasteiger partial charge on any atom is 0.214 e. The van der Waals surface area contributed by atoms with Crippen molar-refractivity contribution < 1.29 is 4.74 Å². The third-order valence-electron chi connectivity index (χ3n) is 1.29. The van der Waals surface area contributed by atoms with Gasteiger partial charge in [0, 0.05) is 6.07 Å². The highest BCUT2D eigenvalue weighted by atomic mass is 35.5. The van der Waals surface area contributed by atoms with Crippen LogP contribution < -0.4 is 10.5 Å². The molecule has 0 fully saturated rings. The minimum atomic E-state index is 0.445. The highest BCUT2D eigenvalue weighted by molar-refractivity contribution is 6.29. The first-order chi connectivity index (χ1) is 5.83. The summed E-state index contributed by atoms with van der Waals surface area (Å²) in [6.07, 6.45) is 0.828. The Morgan fingerprint density at radius 2 is 2.33 bits per heavy atom. The van der Waals surface area contributed by atoms with E-state index in [2.05, 4.69) is 4.98 Å². The van der Waals surface area contributed by atoms with E-state index in [0.717, 1.165) is 6.42 Å². The summed E-state index contributed by atoms with van der Waals surface area (Å²) >= 11 is 5.64. The van der Waals surface area contributed by atoms with Crippen molar-refractivity contribution in [2.75, 3.05) is 13.2 Å². The Hall–Kier alpha value is -0.800. The zero-order valence-corrected chi connectivity index (χ0v) is 7.42. The first-order valence-corrected chi connectivity index (χ1v) is 4.16. The molecule has 1 aromatic rings. The van der Waals surface area contributed by atoms with E-state index in [1.54, 1.807) is 18.2 Å². The first kappa shape index (κ1) is 9.29. The monoisotopic (exact) mass is 186 g/mol. The molecule has 0 unspecified atom stereocenters. The van der Waals surface area contributed by atoms with Gasteiger partial charge >= 0.3 is 0 Å². The molecule has 0 aliphatic rings. The van der Waals surface area contributed by atoms with Crippen LogP contribution in [0.1, 0.15) is 6.42 Å². The summed E-state index contributed by atoms with van der Waals surface area (Å²) in [6, 6.07) is 5.27. The van der Waals surface area contributed by atoms with Gasteiger partial charge in [0.25, 0.3) is 0 Å². The van der Waals surface area contributed by atoms with Crippen molar-refractivity contribution in [3.05, 3.63) is 23.4 Å². The van der Waals surface area contributed by atoms with Crippen molar-refractivity contribution in [1.29, 1.82) is 0 Å². The number of hydrogen-bond acceptors (Lipinski definition) is 3. The van der Waals surface area contributed by atoms with Gasteiger partial charge in [0.15, 0.2) is 0 Å². The van der Waals surface area contributed by atoms with Crippen molar-refractivity contribution in [1.82, 2.24) is 4.98 Å². The zero-order chi connectivity index (χ0) is 8.81. The Labute approximate surface area is 76.5 Å². The Morgan fingerprint density at radius 3 is 3.00 bits per heavy atom. The number of nitrogens with zero attached hydrogens (tertiary/aromatic N) is 1. The largest absolute Gasteiger partial charge is 0.478 e. The van der Waals surface area contributed by atoms with E-state index < -0.39 is 0 Å². The molecule has 2 N–H and O–H groups in total. The minimum Gasteiger partial charge on any atom is -0.478 e. The lowest BCUT2D eigenvalue weighted by atomic mass is 10.4. The summed E-state index contributed by atoms with van der Waals surface area (Å²) < 4.78 is 5.25. The average Bonchev–Trinajstić information content (AvgIpc) is 2.05. The van der Waals surface area contributed by atoms with Crippen LogP contribution in [0.15, 0.2) is 18.2 Å². The lowest BCUT2D eigenvalue weighted by Gasteiger charge is -2.02. The predicted molar refractivity (Wildman–Crippen MR) is 48.4 cm³/mol. The standard InChI is InChI=1S/C8H11ClN2O/c9-7-3-1-4-8(11-7)12-6-2-5-10/h1,3-4H,2,5-6,10H2. The van der Waals surface area contributed by atoms with Crippen LogP contribution in [-0.2, 0) is 0 Å². The summed E-state index contributed by atoms with van der Waals surface area (Å²) in [5.74, 6) is 0.552. The van der Waals surface area contributed by atoms with Gasteiger partial charge < -0.3 is 10.5 Å². The molecular formula is C8H11ClN2O. The molecule has 66 valence electrons. The highest BCUT2D eigenvalue weighted by Crippen LogP contribution is 2.11. The molecule has 0 atom stereocenters. The van der Waals surface area contributed by atoms with Gasteiger partial charge in [-0.3, -0.25) is 0 Å². The number of nitrogens with two attached hydrogens (primary N) is 1. The summed E-state index contributed by atoms with van der Waals surface area (Å²) in [7, 11) is 0. The molecule has 4 heteroatoms. The number of rotatable bonds is 4. The van der Waals surface area contributed by atoms with Gasteiger partial charge in [-0.15, -0.1) is 0 Å². The van der Waals surface area contributed by atoms with Crippen LogP contribution in [0.2, 0.25) is 5.15 Å². The highest BCUT2D eigenvalue weighted by Gasteiger charge is 1.94. The summed E-state index contributed by atoms with van der Waals surface area (Å²) in [6.45, 7) is 1.21. The van der Waals surface area contributed by atoms with Crippen LogP contribution in [0, 0.1) is 0 Å². The Morgan fingerprint density at radius 1 is 1.50 bits per heavy atom. The quantitative estimate of drug-likeness (QED) is 0.572. The molecule has 0 aliphatic carbocycles. The summed E-state index contributed by atoms with van der Waals surface area (Å²) in [5.41, 5.74) is 5.30. The van der Waals surface area contributed by atoms with E-state index in [4.69, 9.17) is 22.1 Å². The third kappa shape index (κ3) is 3.07. The smallest absolute Gasteiger partial charge is 0.214 e. The second-order valence-corrected chi connectivity index (χ2v) is 2.68. The van der Waals surface area contributed by atoms with Gasteiger partial charge in [-0.1, -0.05) is 17.7 Å². The van der Waals surface area contributed by atoms with Crippen molar-refractivity contribution in [3.8, 4) is 5.88 Å². The number of hydrogen-bond donors (Lipinski definition) is 1. The van der Waals surface area contributed by atoms with Crippen molar-refractivity contribution in [2.45, 2.75) is 6.42 Å². The van der Waals surface area contributed by atoms with Crippen LogP contribution in [0.25, 0.3) is 0 Å². The minimum absolute atomic E-state index is 0.445. The number of ether oxygens (including phenoxy) is 1. The molecular weight excluding hydrogens is 176 g/mol. The Bertz CT molecular complexity index is 242. The van der Waals surface area contributed by atoms with Crippen LogP contribution in [0.3, 0.4) is 0 Å². The van der Waals surface area contributed by atoms with E-state index in [0.29, 0.717) is 24.2 Å². The van der Waals surface area contributed by atoms with Crippen LogP contribution in [-0.4, -0.2) is 18.1 Å². The molecule has 12 heavy (non-hydrogen) atoms. The fourth-order valence-corrected chi connectivity index (χ4v) is 0.886. The van der Waals surface area contributed by atoms with Gasteiger partial charge in [0.1, 0.15) is 5.15 Å². The topological polar surface area (TPSA) is 48.1 Å². The molecule has 1 heterocycles. The molecule has 0 spiro atoms. The van der Waals surface area contributed by atoms with Gasteiger partial charge in [-0.05, 0) is 19.0 Å². The van der Waals surface area contributed by atoms with Crippen LogP contribution >= 0.6 is 11.6 Å². The van der Waals surface area contributed by atoms with Crippen LogP contribution in [0.5, 0.6) is 5.88 Å². The van der Waals surface area contributed by atoms with E-state index in [1.807, 2.05) is 0 Å². The molecule has 1 aromatic heterocycles.